The van der Waals surface area contributed by atoms with Crippen molar-refractivity contribution in [1.82, 2.24) is 14.5 Å². The van der Waals surface area contributed by atoms with E-state index in [2.05, 4.69) is 15.5 Å². The number of anilines is 1. The van der Waals surface area contributed by atoms with E-state index < -0.39 is 16.1 Å². The van der Waals surface area contributed by atoms with Crippen molar-refractivity contribution in [3.05, 3.63) is 29.3 Å². The molecule has 1 atom stereocenters. The molecule has 1 unspecified atom stereocenters. The largest absolute Gasteiger partial charge is 0.497 e. The average molecular weight is 411 g/mol. The number of hydrogen-bond acceptors (Lipinski definition) is 7. The molecule has 2 heterocycles. The Hall–Kier alpha value is -2.04. The van der Waals surface area contributed by atoms with Crippen molar-refractivity contribution in [3.63, 3.8) is 0 Å². The van der Waals surface area contributed by atoms with Gasteiger partial charge in [0.15, 0.2) is 0 Å². The second kappa shape index (κ2) is 8.32. The van der Waals surface area contributed by atoms with Crippen LogP contribution >= 0.6 is 11.3 Å². The fourth-order valence-electron chi connectivity index (χ4n) is 2.98. The summed E-state index contributed by atoms with van der Waals surface area (Å²) < 4.78 is 32.3. The summed E-state index contributed by atoms with van der Waals surface area (Å²) in [6, 6.07) is 5.41. The van der Waals surface area contributed by atoms with Crippen molar-refractivity contribution in [2.45, 2.75) is 43.5 Å². The lowest BCUT2D eigenvalue weighted by Crippen LogP contribution is -2.43. The number of amides is 1. The third-order valence-electron chi connectivity index (χ3n) is 4.33. The Morgan fingerprint density at radius 3 is 2.74 bits per heavy atom. The van der Waals surface area contributed by atoms with E-state index in [1.807, 2.05) is 6.92 Å². The van der Waals surface area contributed by atoms with E-state index in [0.717, 1.165) is 17.8 Å². The van der Waals surface area contributed by atoms with E-state index in [1.165, 1.54) is 34.9 Å². The number of ether oxygens (including phenoxy) is 1. The van der Waals surface area contributed by atoms with Gasteiger partial charge in [0, 0.05) is 13.0 Å². The fraction of sp³-hybridized carbons (Fsp3) is 0.471. The van der Waals surface area contributed by atoms with Gasteiger partial charge in [-0.2, -0.15) is 4.31 Å². The standard InChI is InChI=1S/C17H22N4O4S2/c1-3-5-15-19-20-17(26-15)18-16(22)14-6-4-11-21(14)27(23,24)13-9-7-12(25-2)8-10-13/h7-10,14H,3-6,11H2,1-2H3,(H,18,20,22). The molecule has 3 rings (SSSR count). The Bertz CT molecular complexity index is 896. The Balaban J connectivity index is 1.75. The highest BCUT2D eigenvalue weighted by atomic mass is 32.2. The van der Waals surface area contributed by atoms with Crippen LogP contribution in [0.25, 0.3) is 0 Å². The van der Waals surface area contributed by atoms with Crippen LogP contribution < -0.4 is 10.1 Å². The molecule has 1 fully saturated rings. The van der Waals surface area contributed by atoms with Gasteiger partial charge in [-0.15, -0.1) is 10.2 Å². The molecule has 0 aliphatic carbocycles. The molecule has 0 bridgehead atoms. The first-order valence-corrected chi connectivity index (χ1v) is 11.0. The zero-order valence-corrected chi connectivity index (χ0v) is 16.8. The summed E-state index contributed by atoms with van der Waals surface area (Å²) in [7, 11) is -2.25. The molecule has 1 N–H and O–H groups in total. The first-order valence-electron chi connectivity index (χ1n) is 8.75. The van der Waals surface area contributed by atoms with Crippen LogP contribution in [0.3, 0.4) is 0 Å². The van der Waals surface area contributed by atoms with Gasteiger partial charge < -0.3 is 4.74 Å². The molecule has 1 saturated heterocycles. The molecule has 10 heteroatoms. The maximum atomic E-state index is 13.0. The van der Waals surface area contributed by atoms with Crippen molar-refractivity contribution in [3.8, 4) is 5.75 Å². The van der Waals surface area contributed by atoms with Crippen LogP contribution in [-0.2, 0) is 21.2 Å². The Labute approximate surface area is 162 Å². The number of sulfonamides is 1. The number of rotatable bonds is 7. The first kappa shape index (κ1) is 19.7. The zero-order chi connectivity index (χ0) is 19.4. The molecule has 27 heavy (non-hydrogen) atoms. The number of carbonyl (C=O) groups excluding carboxylic acids is 1. The summed E-state index contributed by atoms with van der Waals surface area (Å²) in [5.74, 6) is 0.201. The van der Waals surface area contributed by atoms with Crippen LogP contribution in [0.1, 0.15) is 31.2 Å². The molecular formula is C17H22N4O4S2. The van der Waals surface area contributed by atoms with E-state index >= 15 is 0 Å². The summed E-state index contributed by atoms with van der Waals surface area (Å²) >= 11 is 1.32. The van der Waals surface area contributed by atoms with Gasteiger partial charge in [0.25, 0.3) is 0 Å². The molecule has 0 saturated carbocycles. The molecule has 0 spiro atoms. The number of methoxy groups -OCH3 is 1. The lowest BCUT2D eigenvalue weighted by Gasteiger charge is -2.23. The fourth-order valence-corrected chi connectivity index (χ4v) is 5.48. The molecular weight excluding hydrogens is 388 g/mol. The summed E-state index contributed by atoms with van der Waals surface area (Å²) in [5.41, 5.74) is 0. The highest BCUT2D eigenvalue weighted by molar-refractivity contribution is 7.89. The topological polar surface area (TPSA) is 101 Å². The Morgan fingerprint density at radius 2 is 2.07 bits per heavy atom. The molecule has 1 aliphatic heterocycles. The Morgan fingerprint density at radius 1 is 1.33 bits per heavy atom. The van der Waals surface area contributed by atoms with E-state index in [0.29, 0.717) is 30.3 Å². The van der Waals surface area contributed by atoms with Gasteiger partial charge in [-0.05, 0) is 43.5 Å². The second-order valence-corrected chi connectivity index (χ2v) is 9.14. The van der Waals surface area contributed by atoms with E-state index in [1.54, 1.807) is 12.1 Å². The van der Waals surface area contributed by atoms with Crippen molar-refractivity contribution in [2.75, 3.05) is 19.0 Å². The number of hydrogen-bond donors (Lipinski definition) is 1. The normalized spacial score (nSPS) is 17.8. The van der Waals surface area contributed by atoms with Gasteiger partial charge in [-0.1, -0.05) is 18.3 Å². The second-order valence-electron chi connectivity index (χ2n) is 6.19. The molecule has 2 aromatic rings. The number of benzene rings is 1. The lowest BCUT2D eigenvalue weighted by atomic mass is 10.2. The van der Waals surface area contributed by atoms with Crippen LogP contribution in [0.5, 0.6) is 5.75 Å². The average Bonchev–Trinajstić information content (AvgIpc) is 3.32. The summed E-state index contributed by atoms with van der Waals surface area (Å²) in [6.45, 7) is 2.35. The number of nitrogens with zero attached hydrogens (tertiary/aromatic N) is 3. The summed E-state index contributed by atoms with van der Waals surface area (Å²) in [6.07, 6.45) is 2.85. The maximum Gasteiger partial charge on any atom is 0.244 e. The zero-order valence-electron chi connectivity index (χ0n) is 15.2. The molecule has 1 aromatic carbocycles. The predicted molar refractivity (Wildman–Crippen MR) is 102 cm³/mol. The molecule has 146 valence electrons. The van der Waals surface area contributed by atoms with Crippen molar-refractivity contribution in [2.24, 2.45) is 0 Å². The predicted octanol–water partition coefficient (Wildman–Crippen LogP) is 2.29. The third-order valence-corrected chi connectivity index (χ3v) is 7.15. The minimum absolute atomic E-state index is 0.143. The highest BCUT2D eigenvalue weighted by Gasteiger charge is 2.39. The van der Waals surface area contributed by atoms with Crippen LogP contribution in [-0.4, -0.2) is 48.5 Å². The van der Waals surface area contributed by atoms with Gasteiger partial charge in [0.05, 0.1) is 12.0 Å². The van der Waals surface area contributed by atoms with Crippen molar-refractivity contribution < 1.29 is 17.9 Å². The monoisotopic (exact) mass is 410 g/mol. The van der Waals surface area contributed by atoms with Crippen LogP contribution in [0, 0.1) is 0 Å². The maximum absolute atomic E-state index is 13.0. The summed E-state index contributed by atoms with van der Waals surface area (Å²) in [4.78, 5) is 12.8. The van der Waals surface area contributed by atoms with Gasteiger partial charge >= 0.3 is 0 Å². The molecule has 1 aromatic heterocycles. The Kier molecular flexibility index (Phi) is 6.08. The lowest BCUT2D eigenvalue weighted by molar-refractivity contribution is -0.119. The quantitative estimate of drug-likeness (QED) is 0.751. The molecule has 1 aliphatic rings. The molecule has 1 amide bonds. The van der Waals surface area contributed by atoms with Gasteiger partial charge in [-0.25, -0.2) is 8.42 Å². The van der Waals surface area contributed by atoms with Crippen LogP contribution in [0.2, 0.25) is 0 Å². The molecule has 8 nitrogen and oxygen atoms in total. The minimum atomic E-state index is -3.77. The number of carbonyl (C=O) groups is 1. The van der Waals surface area contributed by atoms with Gasteiger partial charge in [0.2, 0.25) is 21.1 Å². The van der Waals surface area contributed by atoms with Crippen LogP contribution in [0.15, 0.2) is 29.2 Å². The van der Waals surface area contributed by atoms with Gasteiger partial charge in [-0.3, -0.25) is 10.1 Å². The van der Waals surface area contributed by atoms with E-state index in [4.69, 9.17) is 4.74 Å². The number of aromatic nitrogens is 2. The minimum Gasteiger partial charge on any atom is -0.497 e. The summed E-state index contributed by atoms with van der Waals surface area (Å²) in [5, 5.41) is 12.0. The smallest absolute Gasteiger partial charge is 0.244 e. The third kappa shape index (κ3) is 4.28. The first-order chi connectivity index (χ1) is 13.0. The van der Waals surface area contributed by atoms with Crippen molar-refractivity contribution in [1.29, 1.82) is 0 Å². The van der Waals surface area contributed by atoms with E-state index in [9.17, 15) is 13.2 Å². The van der Waals surface area contributed by atoms with E-state index in [-0.39, 0.29) is 10.8 Å². The molecule has 0 radical (unpaired) electrons. The SMILES string of the molecule is CCCc1nnc(NC(=O)C2CCCN2S(=O)(=O)c2ccc(OC)cc2)s1. The number of aryl methyl sites for hydroxylation is 1. The number of nitrogens with one attached hydrogen (secondary N) is 1. The van der Waals surface area contributed by atoms with Gasteiger partial charge in [0.1, 0.15) is 16.8 Å². The van der Waals surface area contributed by atoms with Crippen LogP contribution in [0.4, 0.5) is 5.13 Å². The highest BCUT2D eigenvalue weighted by Crippen LogP contribution is 2.28. The van der Waals surface area contributed by atoms with Crippen molar-refractivity contribution >= 4 is 32.4 Å².